The summed E-state index contributed by atoms with van der Waals surface area (Å²) in [5.74, 6) is 1.04. The van der Waals surface area contributed by atoms with E-state index in [1.165, 1.54) is 6.33 Å². The van der Waals surface area contributed by atoms with Crippen LogP contribution in [-0.2, 0) is 4.74 Å². The maximum atomic E-state index is 11.9. The highest BCUT2D eigenvalue weighted by Crippen LogP contribution is 2.31. The molecule has 0 amide bonds. The number of esters is 1. The van der Waals surface area contributed by atoms with E-state index in [1.807, 2.05) is 0 Å². The van der Waals surface area contributed by atoms with E-state index in [-0.39, 0.29) is 12.0 Å². The molecule has 0 bridgehead atoms. The summed E-state index contributed by atoms with van der Waals surface area (Å²) < 4.78 is 5.02. The Kier molecular flexibility index (Phi) is 4.50. The molecule has 1 saturated heterocycles. The van der Waals surface area contributed by atoms with E-state index >= 15 is 0 Å². The van der Waals surface area contributed by atoms with Crippen LogP contribution in [0.15, 0.2) is 12.5 Å². The van der Waals surface area contributed by atoms with Crippen molar-refractivity contribution in [1.29, 1.82) is 0 Å². The van der Waals surface area contributed by atoms with Gasteiger partial charge in [0.05, 0.1) is 23.9 Å². The molecule has 1 N–H and O–H groups in total. The third-order valence-corrected chi connectivity index (χ3v) is 3.97. The first kappa shape index (κ1) is 15.4. The Hall–Kier alpha value is -2.51. The second-order valence-corrected chi connectivity index (χ2v) is 5.47. The summed E-state index contributed by atoms with van der Waals surface area (Å²) in [6, 6.07) is 0.0825. The minimum absolute atomic E-state index is 0.0825. The molecular formula is C15H20N6O2. The zero-order valence-corrected chi connectivity index (χ0v) is 13.3. The zero-order chi connectivity index (χ0) is 16.2. The Morgan fingerprint density at radius 1 is 1.43 bits per heavy atom. The Morgan fingerprint density at radius 3 is 3.00 bits per heavy atom. The number of carbonyl (C=O) groups excluding carboxylic acids is 1. The minimum atomic E-state index is -0.387. The highest BCUT2D eigenvalue weighted by atomic mass is 16.5. The van der Waals surface area contributed by atoms with Gasteiger partial charge >= 0.3 is 5.97 Å². The number of aryl methyl sites for hydroxylation is 1. The second-order valence-electron chi connectivity index (χ2n) is 5.47. The Bertz CT molecular complexity index is 673. The van der Waals surface area contributed by atoms with Crippen LogP contribution in [0.5, 0.6) is 0 Å². The van der Waals surface area contributed by atoms with Crippen LogP contribution in [0.2, 0.25) is 0 Å². The van der Waals surface area contributed by atoms with Gasteiger partial charge in [-0.15, -0.1) is 0 Å². The molecule has 1 aliphatic rings. The second kappa shape index (κ2) is 6.72. The molecule has 1 fully saturated rings. The van der Waals surface area contributed by atoms with E-state index in [2.05, 4.69) is 30.0 Å². The maximum absolute atomic E-state index is 11.9. The van der Waals surface area contributed by atoms with Gasteiger partial charge in [0.25, 0.3) is 0 Å². The maximum Gasteiger partial charge on any atom is 0.341 e. The zero-order valence-electron chi connectivity index (χ0n) is 13.3. The van der Waals surface area contributed by atoms with Gasteiger partial charge in [-0.2, -0.15) is 5.10 Å². The fourth-order valence-electron chi connectivity index (χ4n) is 2.83. The first-order valence-electron chi connectivity index (χ1n) is 7.83. The van der Waals surface area contributed by atoms with Crippen molar-refractivity contribution in [3.05, 3.63) is 29.6 Å². The summed E-state index contributed by atoms with van der Waals surface area (Å²) >= 11 is 0. The molecular weight excluding hydrogens is 296 g/mol. The molecule has 0 radical (unpaired) electrons. The van der Waals surface area contributed by atoms with Crippen LogP contribution in [0.25, 0.3) is 0 Å². The number of nitrogens with one attached hydrogen (secondary N) is 1. The fourth-order valence-corrected chi connectivity index (χ4v) is 2.83. The van der Waals surface area contributed by atoms with Crippen molar-refractivity contribution in [3.63, 3.8) is 0 Å². The third kappa shape index (κ3) is 3.15. The van der Waals surface area contributed by atoms with Gasteiger partial charge in [-0.1, -0.05) is 0 Å². The number of hydrogen-bond acceptors (Lipinski definition) is 7. The lowest BCUT2D eigenvalue weighted by Gasteiger charge is -2.34. The topological polar surface area (TPSA) is 96.9 Å². The van der Waals surface area contributed by atoms with E-state index < -0.39 is 0 Å². The molecule has 3 rings (SSSR count). The number of aromatic nitrogens is 5. The monoisotopic (exact) mass is 316 g/mol. The van der Waals surface area contributed by atoms with Gasteiger partial charge in [0.2, 0.25) is 5.95 Å². The summed E-state index contributed by atoms with van der Waals surface area (Å²) in [5, 5.41) is 6.87. The molecule has 0 saturated carbocycles. The molecule has 2 aromatic heterocycles. The van der Waals surface area contributed by atoms with Crippen LogP contribution in [0.3, 0.4) is 0 Å². The van der Waals surface area contributed by atoms with Gasteiger partial charge in [-0.05, 0) is 33.1 Å². The molecule has 8 heteroatoms. The first-order valence-corrected chi connectivity index (χ1v) is 7.83. The molecule has 3 heterocycles. The van der Waals surface area contributed by atoms with Crippen LogP contribution in [0.4, 0.5) is 5.95 Å². The Morgan fingerprint density at radius 2 is 2.30 bits per heavy atom. The molecule has 8 nitrogen and oxygen atoms in total. The highest BCUT2D eigenvalue weighted by Gasteiger charge is 2.28. The van der Waals surface area contributed by atoms with Gasteiger partial charge in [0, 0.05) is 12.7 Å². The number of anilines is 1. The normalized spacial score (nSPS) is 18.0. The van der Waals surface area contributed by atoms with Gasteiger partial charge in [0.15, 0.2) is 0 Å². The van der Waals surface area contributed by atoms with Gasteiger partial charge in [-0.3, -0.25) is 5.10 Å². The quantitative estimate of drug-likeness (QED) is 0.859. The van der Waals surface area contributed by atoms with Crippen molar-refractivity contribution in [2.45, 2.75) is 39.2 Å². The van der Waals surface area contributed by atoms with E-state index in [9.17, 15) is 4.79 Å². The summed E-state index contributed by atoms with van der Waals surface area (Å²) in [6.07, 6.45) is 6.23. The van der Waals surface area contributed by atoms with Crippen LogP contribution in [0, 0.1) is 6.92 Å². The smallest absolute Gasteiger partial charge is 0.341 e. The average Bonchev–Trinajstić information content (AvgIpc) is 3.09. The molecule has 23 heavy (non-hydrogen) atoms. The van der Waals surface area contributed by atoms with Crippen molar-refractivity contribution >= 4 is 11.9 Å². The molecule has 0 spiro atoms. The van der Waals surface area contributed by atoms with Crippen LogP contribution < -0.4 is 4.90 Å². The Balaban J connectivity index is 1.87. The van der Waals surface area contributed by atoms with Crippen molar-refractivity contribution in [3.8, 4) is 0 Å². The van der Waals surface area contributed by atoms with Gasteiger partial charge in [-0.25, -0.2) is 19.7 Å². The first-order chi connectivity index (χ1) is 11.2. The fraction of sp³-hybridized carbons (Fsp3) is 0.533. The molecule has 122 valence electrons. The van der Waals surface area contributed by atoms with Crippen LogP contribution in [0.1, 0.15) is 54.1 Å². The number of piperidine rings is 1. The van der Waals surface area contributed by atoms with Crippen molar-refractivity contribution in [2.75, 3.05) is 18.1 Å². The van der Waals surface area contributed by atoms with E-state index in [0.29, 0.717) is 23.8 Å². The lowest BCUT2D eigenvalue weighted by molar-refractivity contribution is 0.0524. The lowest BCUT2D eigenvalue weighted by atomic mass is 10.0. The predicted octanol–water partition coefficient (Wildman–Crippen LogP) is 1.81. The summed E-state index contributed by atoms with van der Waals surface area (Å²) in [7, 11) is 0. The molecule has 1 unspecified atom stereocenters. The van der Waals surface area contributed by atoms with Gasteiger partial charge < -0.3 is 9.64 Å². The van der Waals surface area contributed by atoms with E-state index in [0.717, 1.165) is 31.6 Å². The summed E-state index contributed by atoms with van der Waals surface area (Å²) in [6.45, 7) is 4.76. The summed E-state index contributed by atoms with van der Waals surface area (Å²) in [5.41, 5.74) is 1.03. The largest absolute Gasteiger partial charge is 0.462 e. The van der Waals surface area contributed by atoms with Gasteiger partial charge in [0.1, 0.15) is 12.2 Å². The molecule has 0 aliphatic carbocycles. The molecule has 0 aromatic carbocycles. The lowest BCUT2D eigenvalue weighted by Crippen LogP contribution is -2.35. The third-order valence-electron chi connectivity index (χ3n) is 3.97. The predicted molar refractivity (Wildman–Crippen MR) is 83.0 cm³/mol. The van der Waals surface area contributed by atoms with Crippen molar-refractivity contribution in [1.82, 2.24) is 25.1 Å². The number of carbonyl (C=O) groups is 1. The standard InChI is InChI=1S/C15H20N6O2/c1-3-23-14(22)11-8-16-15(19-10(11)2)21-7-5-4-6-12(21)13-17-9-18-20-13/h8-9,12H,3-7H2,1-2H3,(H,17,18,20). The molecule has 2 aromatic rings. The van der Waals surface area contributed by atoms with Crippen LogP contribution >= 0.6 is 0 Å². The number of hydrogen-bond donors (Lipinski definition) is 1. The number of nitrogens with zero attached hydrogens (tertiary/aromatic N) is 5. The van der Waals surface area contributed by atoms with Crippen molar-refractivity contribution < 1.29 is 9.53 Å². The molecule has 1 aliphatic heterocycles. The minimum Gasteiger partial charge on any atom is -0.462 e. The number of ether oxygens (including phenoxy) is 1. The Labute approximate surface area is 134 Å². The summed E-state index contributed by atoms with van der Waals surface area (Å²) in [4.78, 5) is 27.1. The number of aromatic amines is 1. The number of H-pyrrole nitrogens is 1. The average molecular weight is 316 g/mol. The van der Waals surface area contributed by atoms with E-state index in [4.69, 9.17) is 4.74 Å². The SMILES string of the molecule is CCOC(=O)c1cnc(N2CCCCC2c2ncn[nH]2)nc1C. The van der Waals surface area contributed by atoms with Crippen molar-refractivity contribution in [2.24, 2.45) is 0 Å². The number of rotatable bonds is 4. The molecule has 1 atom stereocenters. The van der Waals surface area contributed by atoms with Crippen LogP contribution in [-0.4, -0.2) is 44.3 Å². The van der Waals surface area contributed by atoms with E-state index in [1.54, 1.807) is 20.0 Å². The highest BCUT2D eigenvalue weighted by molar-refractivity contribution is 5.90.